The van der Waals surface area contributed by atoms with E-state index in [9.17, 15) is 0 Å². The fourth-order valence-electron chi connectivity index (χ4n) is 1.84. The molecule has 0 aliphatic heterocycles. The van der Waals surface area contributed by atoms with Crippen LogP contribution >= 0.6 is 0 Å². The van der Waals surface area contributed by atoms with Crippen molar-refractivity contribution in [1.82, 2.24) is 14.9 Å². The summed E-state index contributed by atoms with van der Waals surface area (Å²) in [5, 5.41) is 3.12. The summed E-state index contributed by atoms with van der Waals surface area (Å²) in [7, 11) is 3.98. The molecule has 0 unspecified atom stereocenters. The Morgan fingerprint density at radius 1 is 1.38 bits per heavy atom. The molecule has 1 aromatic carbocycles. The monoisotopic (exact) mass is 215 g/mol. The Bertz CT molecular complexity index is 486. The second-order valence-corrected chi connectivity index (χ2v) is 4.02. The fourth-order valence-corrected chi connectivity index (χ4v) is 1.84. The van der Waals surface area contributed by atoms with Crippen molar-refractivity contribution >= 4 is 0 Å². The number of aromatic nitrogens is 2. The molecule has 1 N–H and O–H groups in total. The van der Waals surface area contributed by atoms with E-state index in [1.807, 2.05) is 13.2 Å². The van der Waals surface area contributed by atoms with Crippen molar-refractivity contribution in [2.75, 3.05) is 7.05 Å². The number of rotatable bonds is 3. The molecule has 0 fully saturated rings. The minimum absolute atomic E-state index is 0.794. The Kier molecular flexibility index (Phi) is 3.06. The summed E-state index contributed by atoms with van der Waals surface area (Å²) in [6, 6.07) is 8.48. The Labute approximate surface area is 96.1 Å². The van der Waals surface area contributed by atoms with Gasteiger partial charge < -0.3 is 9.88 Å². The first kappa shape index (κ1) is 10.9. The Hall–Kier alpha value is -1.61. The lowest BCUT2D eigenvalue weighted by atomic mass is 10.1. The highest BCUT2D eigenvalue weighted by molar-refractivity contribution is 5.60. The van der Waals surface area contributed by atoms with E-state index in [4.69, 9.17) is 0 Å². The molecule has 2 aromatic rings. The first-order valence-corrected chi connectivity index (χ1v) is 5.44. The lowest BCUT2D eigenvalue weighted by molar-refractivity contribution is 0.712. The van der Waals surface area contributed by atoms with Crippen LogP contribution in [-0.2, 0) is 13.6 Å². The summed E-state index contributed by atoms with van der Waals surface area (Å²) in [4.78, 5) is 4.41. The maximum Gasteiger partial charge on any atom is 0.122 e. The van der Waals surface area contributed by atoms with Crippen LogP contribution in [-0.4, -0.2) is 16.6 Å². The van der Waals surface area contributed by atoms with Crippen LogP contribution in [0.15, 0.2) is 30.5 Å². The number of aryl methyl sites for hydroxylation is 1. The molecule has 1 heterocycles. The lowest BCUT2D eigenvalue weighted by Crippen LogP contribution is -2.10. The average Bonchev–Trinajstić information content (AvgIpc) is 2.61. The minimum atomic E-state index is 0.794. The van der Waals surface area contributed by atoms with Gasteiger partial charge in [0.25, 0.3) is 0 Å². The van der Waals surface area contributed by atoms with E-state index < -0.39 is 0 Å². The second kappa shape index (κ2) is 4.49. The SMILES string of the molecule is CNCc1ncc(-c2cccc(C)c2)n1C. The van der Waals surface area contributed by atoms with Gasteiger partial charge in [0.2, 0.25) is 0 Å². The van der Waals surface area contributed by atoms with Gasteiger partial charge in [-0.25, -0.2) is 4.98 Å². The average molecular weight is 215 g/mol. The first-order valence-electron chi connectivity index (χ1n) is 5.44. The summed E-state index contributed by atoms with van der Waals surface area (Å²) in [6.07, 6.45) is 1.93. The summed E-state index contributed by atoms with van der Waals surface area (Å²) < 4.78 is 2.13. The molecule has 0 aliphatic rings. The highest BCUT2D eigenvalue weighted by atomic mass is 15.1. The molecule has 1 aromatic heterocycles. The fraction of sp³-hybridized carbons (Fsp3) is 0.308. The zero-order chi connectivity index (χ0) is 11.5. The molecule has 0 atom stereocenters. The molecule has 16 heavy (non-hydrogen) atoms. The molecule has 2 rings (SSSR count). The number of nitrogens with zero attached hydrogens (tertiary/aromatic N) is 2. The maximum atomic E-state index is 4.41. The molecule has 0 saturated heterocycles. The van der Waals surface area contributed by atoms with Crippen LogP contribution in [0.1, 0.15) is 11.4 Å². The van der Waals surface area contributed by atoms with Gasteiger partial charge in [0.15, 0.2) is 0 Å². The van der Waals surface area contributed by atoms with Crippen molar-refractivity contribution in [3.63, 3.8) is 0 Å². The molecule has 0 amide bonds. The molecule has 0 radical (unpaired) electrons. The number of hydrogen-bond acceptors (Lipinski definition) is 2. The minimum Gasteiger partial charge on any atom is -0.330 e. The van der Waals surface area contributed by atoms with Crippen molar-refractivity contribution in [1.29, 1.82) is 0 Å². The molecule has 0 spiro atoms. The number of nitrogens with one attached hydrogen (secondary N) is 1. The van der Waals surface area contributed by atoms with Gasteiger partial charge in [-0.1, -0.05) is 23.8 Å². The standard InChI is InChI=1S/C13H17N3/c1-10-5-4-6-11(7-10)12-8-15-13(9-14-2)16(12)3/h4-8,14H,9H2,1-3H3. The number of hydrogen-bond donors (Lipinski definition) is 1. The topological polar surface area (TPSA) is 29.9 Å². The van der Waals surface area contributed by atoms with Gasteiger partial charge in [-0.05, 0) is 20.0 Å². The zero-order valence-electron chi connectivity index (χ0n) is 9.99. The van der Waals surface area contributed by atoms with Gasteiger partial charge in [-0.2, -0.15) is 0 Å². The van der Waals surface area contributed by atoms with E-state index in [1.165, 1.54) is 11.1 Å². The van der Waals surface area contributed by atoms with Gasteiger partial charge in [-0.3, -0.25) is 0 Å². The van der Waals surface area contributed by atoms with E-state index in [2.05, 4.69) is 53.1 Å². The van der Waals surface area contributed by atoms with Crippen molar-refractivity contribution in [3.05, 3.63) is 41.9 Å². The van der Waals surface area contributed by atoms with Gasteiger partial charge in [0, 0.05) is 12.6 Å². The lowest BCUT2D eigenvalue weighted by Gasteiger charge is -2.06. The zero-order valence-corrected chi connectivity index (χ0v) is 9.99. The van der Waals surface area contributed by atoms with E-state index >= 15 is 0 Å². The first-order chi connectivity index (χ1) is 7.72. The molecule has 3 nitrogen and oxygen atoms in total. The van der Waals surface area contributed by atoms with Crippen LogP contribution in [0.4, 0.5) is 0 Å². The van der Waals surface area contributed by atoms with Crippen molar-refractivity contribution in [3.8, 4) is 11.3 Å². The van der Waals surface area contributed by atoms with Gasteiger partial charge >= 0.3 is 0 Å². The van der Waals surface area contributed by atoms with Gasteiger partial charge in [0.05, 0.1) is 18.4 Å². The molecule has 3 heteroatoms. The van der Waals surface area contributed by atoms with E-state index in [-0.39, 0.29) is 0 Å². The van der Waals surface area contributed by atoms with Crippen molar-refractivity contribution < 1.29 is 0 Å². The Morgan fingerprint density at radius 2 is 2.19 bits per heavy atom. The molecule has 84 valence electrons. The van der Waals surface area contributed by atoms with Crippen LogP contribution in [0.25, 0.3) is 11.3 Å². The third-order valence-corrected chi connectivity index (χ3v) is 2.73. The van der Waals surface area contributed by atoms with E-state index in [0.29, 0.717) is 0 Å². The van der Waals surface area contributed by atoms with Crippen LogP contribution in [0.2, 0.25) is 0 Å². The normalized spacial score (nSPS) is 10.7. The molecule has 0 aliphatic carbocycles. The summed E-state index contributed by atoms with van der Waals surface area (Å²) in [6.45, 7) is 2.90. The highest BCUT2D eigenvalue weighted by Gasteiger charge is 2.07. The third-order valence-electron chi connectivity index (χ3n) is 2.73. The van der Waals surface area contributed by atoms with Crippen molar-refractivity contribution in [2.24, 2.45) is 7.05 Å². The molecular weight excluding hydrogens is 198 g/mol. The van der Waals surface area contributed by atoms with Crippen LogP contribution in [0.3, 0.4) is 0 Å². The van der Waals surface area contributed by atoms with E-state index in [1.54, 1.807) is 0 Å². The van der Waals surface area contributed by atoms with E-state index in [0.717, 1.165) is 18.1 Å². The summed E-state index contributed by atoms with van der Waals surface area (Å²) in [5.74, 6) is 1.05. The highest BCUT2D eigenvalue weighted by Crippen LogP contribution is 2.20. The van der Waals surface area contributed by atoms with Gasteiger partial charge in [0.1, 0.15) is 5.82 Å². The van der Waals surface area contributed by atoms with Crippen LogP contribution in [0, 0.1) is 6.92 Å². The molecule has 0 bridgehead atoms. The number of benzene rings is 1. The largest absolute Gasteiger partial charge is 0.330 e. The quantitative estimate of drug-likeness (QED) is 0.850. The second-order valence-electron chi connectivity index (χ2n) is 4.02. The number of imidazole rings is 1. The summed E-state index contributed by atoms with van der Waals surface area (Å²) >= 11 is 0. The molecule has 0 saturated carbocycles. The third kappa shape index (κ3) is 1.99. The summed E-state index contributed by atoms with van der Waals surface area (Å²) in [5.41, 5.74) is 3.65. The smallest absolute Gasteiger partial charge is 0.122 e. The van der Waals surface area contributed by atoms with Crippen molar-refractivity contribution in [2.45, 2.75) is 13.5 Å². The predicted molar refractivity (Wildman–Crippen MR) is 66.1 cm³/mol. The van der Waals surface area contributed by atoms with Crippen LogP contribution in [0.5, 0.6) is 0 Å². The van der Waals surface area contributed by atoms with Crippen LogP contribution < -0.4 is 5.32 Å². The Balaban J connectivity index is 2.41. The maximum absolute atomic E-state index is 4.41. The Morgan fingerprint density at radius 3 is 2.88 bits per heavy atom. The molecular formula is C13H17N3. The predicted octanol–water partition coefficient (Wildman–Crippen LogP) is 2.11. The van der Waals surface area contributed by atoms with Gasteiger partial charge in [-0.15, -0.1) is 0 Å².